The molecule has 1 amide bonds. The third-order valence-corrected chi connectivity index (χ3v) is 9.74. The third-order valence-electron chi connectivity index (χ3n) is 9.74. The normalized spacial score (nSPS) is 21.8. The van der Waals surface area contributed by atoms with Gasteiger partial charge in [0.2, 0.25) is 5.91 Å². The number of unbranched alkanes of at least 4 members (excludes halogenated alkanes) is 25. The van der Waals surface area contributed by atoms with Crippen molar-refractivity contribution in [1.29, 1.82) is 0 Å². The van der Waals surface area contributed by atoms with Crippen LogP contribution in [0.3, 0.4) is 0 Å². The first-order chi connectivity index (χ1) is 22.0. The summed E-state index contributed by atoms with van der Waals surface area (Å²) < 4.78 is 5.80. The van der Waals surface area contributed by atoms with Crippen molar-refractivity contribution >= 4 is 5.91 Å². The maximum Gasteiger partial charge on any atom is 0.224 e. The summed E-state index contributed by atoms with van der Waals surface area (Å²) in [6.45, 7) is 4.47. The van der Waals surface area contributed by atoms with Crippen molar-refractivity contribution in [2.75, 3.05) is 13.2 Å². The molecule has 0 aromatic carbocycles. The molecule has 0 aliphatic carbocycles. The summed E-state index contributed by atoms with van der Waals surface area (Å²) in [6, 6.07) is 0. The molecule has 0 unspecified atom stereocenters. The van der Waals surface area contributed by atoms with Crippen LogP contribution in [0.15, 0.2) is 0 Å². The Hall–Kier alpha value is -0.730. The minimum Gasteiger partial charge on any atom is -0.394 e. The van der Waals surface area contributed by atoms with Crippen LogP contribution in [0.2, 0.25) is 0 Å². The lowest BCUT2D eigenvalue weighted by molar-refractivity contribution is -0.262. The molecular formula is C38H75NO6. The highest BCUT2D eigenvalue weighted by Crippen LogP contribution is 2.25. The van der Waals surface area contributed by atoms with Gasteiger partial charge in [0.1, 0.15) is 24.4 Å². The van der Waals surface area contributed by atoms with Crippen molar-refractivity contribution < 1.29 is 30.0 Å². The van der Waals surface area contributed by atoms with Crippen molar-refractivity contribution in [1.82, 2.24) is 4.90 Å². The van der Waals surface area contributed by atoms with E-state index in [9.17, 15) is 25.2 Å². The second-order valence-electron chi connectivity index (χ2n) is 13.9. The van der Waals surface area contributed by atoms with E-state index in [2.05, 4.69) is 13.8 Å². The van der Waals surface area contributed by atoms with Crippen LogP contribution in [-0.2, 0) is 9.53 Å². The topological polar surface area (TPSA) is 110 Å². The Bertz CT molecular complexity index is 662. The Morgan fingerprint density at radius 3 is 1.24 bits per heavy atom. The van der Waals surface area contributed by atoms with Gasteiger partial charge in [-0.3, -0.25) is 4.79 Å². The van der Waals surface area contributed by atoms with E-state index in [1.807, 2.05) is 0 Å². The molecule has 1 fully saturated rings. The standard InChI is InChI=1S/C38H75NO6/c1-3-5-7-9-11-13-15-17-18-19-20-22-24-26-28-30-34(41)39(38-37(44)36(43)35(42)33(32-40)45-38)31-29-27-25-23-21-16-14-12-10-8-6-4-2/h33,35-38,40,42-44H,3-32H2,1-2H3/t33-,35-,36+,37-,38-/m1/s1. The Kier molecular flexibility index (Phi) is 27.6. The average molecular weight is 642 g/mol. The van der Waals surface area contributed by atoms with E-state index in [1.165, 1.54) is 135 Å². The van der Waals surface area contributed by atoms with Crippen LogP contribution in [0, 0.1) is 0 Å². The molecule has 1 aliphatic rings. The van der Waals surface area contributed by atoms with Gasteiger partial charge >= 0.3 is 0 Å². The molecule has 0 aromatic rings. The molecule has 7 heteroatoms. The van der Waals surface area contributed by atoms with Crippen molar-refractivity contribution in [3.8, 4) is 0 Å². The molecule has 7 nitrogen and oxygen atoms in total. The van der Waals surface area contributed by atoms with E-state index < -0.39 is 37.3 Å². The van der Waals surface area contributed by atoms with Gasteiger partial charge in [-0.25, -0.2) is 0 Å². The fourth-order valence-corrected chi connectivity index (χ4v) is 6.65. The number of carbonyl (C=O) groups is 1. The lowest BCUT2D eigenvalue weighted by Gasteiger charge is -2.44. The fourth-order valence-electron chi connectivity index (χ4n) is 6.65. The van der Waals surface area contributed by atoms with Crippen LogP contribution in [-0.4, -0.2) is 75.0 Å². The highest BCUT2D eigenvalue weighted by molar-refractivity contribution is 5.76. The van der Waals surface area contributed by atoms with Crippen molar-refractivity contribution in [2.24, 2.45) is 0 Å². The summed E-state index contributed by atoms with van der Waals surface area (Å²) in [5.74, 6) is -0.0860. The molecule has 45 heavy (non-hydrogen) atoms. The zero-order valence-corrected chi connectivity index (χ0v) is 29.7. The minimum atomic E-state index is -1.47. The highest BCUT2D eigenvalue weighted by atomic mass is 16.6. The molecule has 1 rings (SSSR count). The van der Waals surface area contributed by atoms with Crippen LogP contribution in [0.25, 0.3) is 0 Å². The van der Waals surface area contributed by atoms with E-state index >= 15 is 0 Å². The van der Waals surface area contributed by atoms with Crippen LogP contribution in [0.1, 0.15) is 194 Å². The average Bonchev–Trinajstić information content (AvgIpc) is 3.04. The largest absolute Gasteiger partial charge is 0.394 e. The number of amides is 1. The predicted molar refractivity (Wildman–Crippen MR) is 186 cm³/mol. The molecule has 0 saturated carbocycles. The number of hydrogen-bond acceptors (Lipinski definition) is 6. The summed E-state index contributed by atoms with van der Waals surface area (Å²) in [5, 5.41) is 41.0. The van der Waals surface area contributed by atoms with E-state index in [-0.39, 0.29) is 5.91 Å². The molecule has 0 aromatic heterocycles. The first kappa shape index (κ1) is 42.3. The maximum atomic E-state index is 13.4. The second kappa shape index (κ2) is 29.4. The van der Waals surface area contributed by atoms with Gasteiger partial charge in [0.15, 0.2) is 6.23 Å². The molecule has 5 atom stereocenters. The summed E-state index contributed by atoms with van der Waals surface area (Å²) >= 11 is 0. The maximum absolute atomic E-state index is 13.4. The Balaban J connectivity index is 2.32. The summed E-state index contributed by atoms with van der Waals surface area (Å²) in [6.07, 6.45) is 27.7. The number of hydrogen-bond donors (Lipinski definition) is 4. The van der Waals surface area contributed by atoms with Crippen molar-refractivity contribution in [3.63, 3.8) is 0 Å². The molecule has 1 saturated heterocycles. The summed E-state index contributed by atoms with van der Waals surface area (Å²) in [4.78, 5) is 14.9. The number of nitrogens with zero attached hydrogens (tertiary/aromatic N) is 1. The number of rotatable bonds is 31. The molecular weight excluding hydrogens is 566 g/mol. The number of aliphatic hydroxyl groups excluding tert-OH is 4. The van der Waals surface area contributed by atoms with Crippen LogP contribution < -0.4 is 0 Å². The van der Waals surface area contributed by atoms with Crippen molar-refractivity contribution in [2.45, 2.75) is 224 Å². The Morgan fingerprint density at radius 2 is 0.867 bits per heavy atom. The van der Waals surface area contributed by atoms with Gasteiger partial charge in [0.05, 0.1) is 6.61 Å². The zero-order valence-electron chi connectivity index (χ0n) is 29.7. The van der Waals surface area contributed by atoms with Gasteiger partial charge in [-0.15, -0.1) is 0 Å². The van der Waals surface area contributed by atoms with E-state index in [0.29, 0.717) is 13.0 Å². The van der Waals surface area contributed by atoms with E-state index in [4.69, 9.17) is 4.74 Å². The van der Waals surface area contributed by atoms with Gasteiger partial charge in [0.25, 0.3) is 0 Å². The van der Waals surface area contributed by atoms with Gasteiger partial charge in [0, 0.05) is 13.0 Å². The first-order valence-corrected chi connectivity index (χ1v) is 19.6. The lowest BCUT2D eigenvalue weighted by Crippen LogP contribution is -2.64. The minimum absolute atomic E-state index is 0.0860. The molecule has 0 bridgehead atoms. The number of carbonyl (C=O) groups excluding carboxylic acids is 1. The molecule has 1 aliphatic heterocycles. The van der Waals surface area contributed by atoms with Gasteiger partial charge < -0.3 is 30.1 Å². The Labute approximate surface area is 277 Å². The molecule has 0 spiro atoms. The second-order valence-corrected chi connectivity index (χ2v) is 13.9. The van der Waals surface area contributed by atoms with Crippen LogP contribution in [0.4, 0.5) is 0 Å². The molecule has 1 heterocycles. The van der Waals surface area contributed by atoms with Crippen molar-refractivity contribution in [3.05, 3.63) is 0 Å². The smallest absolute Gasteiger partial charge is 0.224 e. The Morgan fingerprint density at radius 1 is 0.511 bits per heavy atom. The van der Waals surface area contributed by atoms with Gasteiger partial charge in [-0.05, 0) is 12.8 Å². The quantitative estimate of drug-likeness (QED) is 0.0565. The van der Waals surface area contributed by atoms with Crippen LogP contribution >= 0.6 is 0 Å². The van der Waals surface area contributed by atoms with Gasteiger partial charge in [-0.1, -0.05) is 174 Å². The SMILES string of the molecule is CCCCCCCCCCCCCCCCCC(=O)N(CCCCCCCCCCCCCC)[C@@H]1O[C@H](CO)[C@@H](O)[C@H](O)[C@H]1O. The molecule has 0 radical (unpaired) electrons. The van der Waals surface area contributed by atoms with E-state index in [0.717, 1.165) is 38.5 Å². The molecule has 4 N–H and O–H groups in total. The highest BCUT2D eigenvalue weighted by Gasteiger charge is 2.46. The monoisotopic (exact) mass is 642 g/mol. The number of aliphatic hydroxyl groups is 4. The third kappa shape index (κ3) is 20.3. The summed E-state index contributed by atoms with van der Waals surface area (Å²) in [5.41, 5.74) is 0. The summed E-state index contributed by atoms with van der Waals surface area (Å²) in [7, 11) is 0. The van der Waals surface area contributed by atoms with E-state index in [1.54, 1.807) is 4.90 Å². The predicted octanol–water partition coefficient (Wildman–Crippen LogP) is 8.58. The zero-order chi connectivity index (χ0) is 33.0. The lowest BCUT2D eigenvalue weighted by atomic mass is 9.97. The molecule has 268 valence electrons. The fraction of sp³-hybridized carbons (Fsp3) is 0.974. The number of ether oxygens (including phenoxy) is 1. The first-order valence-electron chi connectivity index (χ1n) is 19.6. The van der Waals surface area contributed by atoms with Gasteiger partial charge in [-0.2, -0.15) is 0 Å². The van der Waals surface area contributed by atoms with Crippen LogP contribution in [0.5, 0.6) is 0 Å².